The third-order valence-corrected chi connectivity index (χ3v) is 3.21. The third-order valence-electron chi connectivity index (χ3n) is 3.21. The van der Waals surface area contributed by atoms with E-state index >= 15 is 0 Å². The predicted molar refractivity (Wildman–Crippen MR) is 50.4 cm³/mol. The van der Waals surface area contributed by atoms with Crippen molar-refractivity contribution < 1.29 is 9.90 Å². The van der Waals surface area contributed by atoms with Crippen molar-refractivity contribution in [1.82, 2.24) is 0 Å². The molecule has 13 heavy (non-hydrogen) atoms. The van der Waals surface area contributed by atoms with E-state index < -0.39 is 5.97 Å². The van der Waals surface area contributed by atoms with E-state index in [-0.39, 0.29) is 0 Å². The maximum Gasteiger partial charge on any atom is 0.328 e. The van der Waals surface area contributed by atoms with Crippen LogP contribution >= 0.6 is 0 Å². The molecule has 0 bridgehead atoms. The van der Waals surface area contributed by atoms with Crippen molar-refractivity contribution in [2.24, 2.45) is 11.8 Å². The first kappa shape index (κ1) is 8.79. The molecule has 2 nitrogen and oxygen atoms in total. The standard InChI is InChI=1S/C11H16O2/c12-11(13)7-8-2-1-3-10(6-8)9-4-5-9/h7,9-10H,1-6H2,(H,12,13). The van der Waals surface area contributed by atoms with Crippen molar-refractivity contribution in [3.8, 4) is 0 Å². The van der Waals surface area contributed by atoms with Gasteiger partial charge in [-0.05, 0) is 50.4 Å². The Morgan fingerprint density at radius 1 is 1.31 bits per heavy atom. The first-order valence-electron chi connectivity index (χ1n) is 5.18. The van der Waals surface area contributed by atoms with Crippen LogP contribution in [-0.2, 0) is 4.79 Å². The Balaban J connectivity index is 1.94. The lowest BCUT2D eigenvalue weighted by Gasteiger charge is -2.23. The van der Waals surface area contributed by atoms with Gasteiger partial charge < -0.3 is 5.11 Å². The molecule has 72 valence electrons. The Kier molecular flexibility index (Phi) is 2.38. The zero-order valence-electron chi connectivity index (χ0n) is 7.83. The maximum atomic E-state index is 10.5. The lowest BCUT2D eigenvalue weighted by atomic mass is 9.82. The van der Waals surface area contributed by atoms with Gasteiger partial charge in [0.25, 0.3) is 0 Å². The SMILES string of the molecule is O=C(O)C=C1CCCC(C2CC2)C1. The molecule has 2 aliphatic carbocycles. The van der Waals surface area contributed by atoms with Gasteiger partial charge in [-0.2, -0.15) is 0 Å². The van der Waals surface area contributed by atoms with Gasteiger partial charge >= 0.3 is 5.97 Å². The van der Waals surface area contributed by atoms with Crippen LogP contribution in [-0.4, -0.2) is 11.1 Å². The highest BCUT2D eigenvalue weighted by Gasteiger charge is 2.32. The van der Waals surface area contributed by atoms with Crippen LogP contribution in [0.15, 0.2) is 11.6 Å². The summed E-state index contributed by atoms with van der Waals surface area (Å²) in [6, 6.07) is 0. The van der Waals surface area contributed by atoms with Crippen molar-refractivity contribution in [3.05, 3.63) is 11.6 Å². The summed E-state index contributed by atoms with van der Waals surface area (Å²) in [5.41, 5.74) is 1.16. The molecule has 0 spiro atoms. The van der Waals surface area contributed by atoms with E-state index in [1.54, 1.807) is 0 Å². The van der Waals surface area contributed by atoms with Crippen LogP contribution < -0.4 is 0 Å². The minimum Gasteiger partial charge on any atom is -0.478 e. The normalized spacial score (nSPS) is 32.0. The number of carboxylic acids is 1. The Hall–Kier alpha value is -0.790. The van der Waals surface area contributed by atoms with Gasteiger partial charge in [0.2, 0.25) is 0 Å². The van der Waals surface area contributed by atoms with Crippen LogP contribution in [0.5, 0.6) is 0 Å². The van der Waals surface area contributed by atoms with Gasteiger partial charge in [-0.15, -0.1) is 0 Å². The zero-order valence-corrected chi connectivity index (χ0v) is 7.83. The minimum absolute atomic E-state index is 0.772. The predicted octanol–water partition coefficient (Wildman–Crippen LogP) is 2.60. The Morgan fingerprint density at radius 2 is 2.08 bits per heavy atom. The van der Waals surface area contributed by atoms with E-state index in [0.29, 0.717) is 0 Å². The van der Waals surface area contributed by atoms with E-state index in [1.165, 1.54) is 31.8 Å². The van der Waals surface area contributed by atoms with Gasteiger partial charge in [0.05, 0.1) is 0 Å². The highest BCUT2D eigenvalue weighted by atomic mass is 16.4. The van der Waals surface area contributed by atoms with Crippen LogP contribution in [0.2, 0.25) is 0 Å². The van der Waals surface area contributed by atoms with Gasteiger partial charge in [0, 0.05) is 6.08 Å². The van der Waals surface area contributed by atoms with Crippen molar-refractivity contribution in [2.45, 2.75) is 38.5 Å². The number of carboxylic acid groups (broad SMARTS) is 1. The molecule has 2 aliphatic rings. The minimum atomic E-state index is -0.772. The van der Waals surface area contributed by atoms with E-state index in [2.05, 4.69) is 0 Å². The number of allylic oxidation sites excluding steroid dienone is 1. The van der Waals surface area contributed by atoms with Crippen LogP contribution in [0.25, 0.3) is 0 Å². The molecule has 0 aliphatic heterocycles. The molecule has 0 aromatic heterocycles. The summed E-state index contributed by atoms with van der Waals surface area (Å²) in [6.45, 7) is 0. The van der Waals surface area contributed by atoms with E-state index in [0.717, 1.165) is 30.3 Å². The molecule has 0 amide bonds. The van der Waals surface area contributed by atoms with Crippen LogP contribution in [0.4, 0.5) is 0 Å². The molecule has 0 aromatic rings. The molecule has 2 saturated carbocycles. The zero-order chi connectivity index (χ0) is 9.26. The van der Waals surface area contributed by atoms with Crippen LogP contribution in [0.3, 0.4) is 0 Å². The van der Waals surface area contributed by atoms with Crippen LogP contribution in [0.1, 0.15) is 38.5 Å². The molecular weight excluding hydrogens is 164 g/mol. The summed E-state index contributed by atoms with van der Waals surface area (Å²) in [6.07, 6.45) is 8.76. The van der Waals surface area contributed by atoms with Gasteiger partial charge in [-0.25, -0.2) is 4.79 Å². The molecule has 1 atom stereocenters. The molecule has 1 N–H and O–H groups in total. The molecule has 0 saturated heterocycles. The van der Waals surface area contributed by atoms with Crippen molar-refractivity contribution in [3.63, 3.8) is 0 Å². The lowest BCUT2D eigenvalue weighted by Crippen LogP contribution is -2.11. The Morgan fingerprint density at radius 3 is 2.69 bits per heavy atom. The largest absolute Gasteiger partial charge is 0.478 e. The van der Waals surface area contributed by atoms with Crippen LogP contribution in [0, 0.1) is 11.8 Å². The quantitative estimate of drug-likeness (QED) is 0.663. The average molecular weight is 180 g/mol. The van der Waals surface area contributed by atoms with E-state index in [9.17, 15) is 4.79 Å². The molecule has 2 fully saturated rings. The molecule has 2 rings (SSSR count). The lowest BCUT2D eigenvalue weighted by molar-refractivity contribution is -0.131. The topological polar surface area (TPSA) is 37.3 Å². The van der Waals surface area contributed by atoms with Crippen molar-refractivity contribution in [2.75, 3.05) is 0 Å². The summed E-state index contributed by atoms with van der Waals surface area (Å²) < 4.78 is 0. The molecule has 2 heteroatoms. The molecule has 0 heterocycles. The number of hydrogen-bond acceptors (Lipinski definition) is 1. The molecule has 0 radical (unpaired) electrons. The first-order chi connectivity index (χ1) is 6.25. The molecule has 0 aromatic carbocycles. The highest BCUT2D eigenvalue weighted by Crippen LogP contribution is 2.45. The summed E-state index contributed by atoms with van der Waals surface area (Å²) >= 11 is 0. The van der Waals surface area contributed by atoms with E-state index in [4.69, 9.17) is 5.11 Å². The number of rotatable bonds is 2. The second-order valence-corrected chi connectivity index (χ2v) is 4.33. The second-order valence-electron chi connectivity index (χ2n) is 4.33. The summed E-state index contributed by atoms with van der Waals surface area (Å²) in [5, 5.41) is 8.63. The number of hydrogen-bond donors (Lipinski definition) is 1. The fraction of sp³-hybridized carbons (Fsp3) is 0.727. The second kappa shape index (κ2) is 3.52. The molecule has 1 unspecified atom stereocenters. The number of aliphatic carboxylic acids is 1. The fourth-order valence-corrected chi connectivity index (χ4v) is 2.41. The number of carbonyl (C=O) groups is 1. The summed E-state index contributed by atoms with van der Waals surface area (Å²) in [5.74, 6) is 0.961. The van der Waals surface area contributed by atoms with Gasteiger partial charge in [0.1, 0.15) is 0 Å². The Bertz CT molecular complexity index is 238. The summed E-state index contributed by atoms with van der Waals surface area (Å²) in [4.78, 5) is 10.5. The smallest absolute Gasteiger partial charge is 0.328 e. The van der Waals surface area contributed by atoms with E-state index in [1.807, 2.05) is 0 Å². The fourth-order valence-electron chi connectivity index (χ4n) is 2.41. The monoisotopic (exact) mass is 180 g/mol. The van der Waals surface area contributed by atoms with Crippen molar-refractivity contribution >= 4 is 5.97 Å². The maximum absolute atomic E-state index is 10.5. The van der Waals surface area contributed by atoms with Gasteiger partial charge in [-0.1, -0.05) is 5.57 Å². The summed E-state index contributed by atoms with van der Waals surface area (Å²) in [7, 11) is 0. The Labute approximate surface area is 78.6 Å². The molecular formula is C11H16O2. The van der Waals surface area contributed by atoms with Crippen molar-refractivity contribution in [1.29, 1.82) is 0 Å². The average Bonchev–Trinajstić information content (AvgIpc) is 2.85. The highest BCUT2D eigenvalue weighted by molar-refractivity contribution is 5.80. The third kappa shape index (κ3) is 2.33. The van der Waals surface area contributed by atoms with Gasteiger partial charge in [-0.3, -0.25) is 0 Å². The van der Waals surface area contributed by atoms with Gasteiger partial charge in [0.15, 0.2) is 0 Å². The first-order valence-corrected chi connectivity index (χ1v) is 5.18.